The van der Waals surface area contributed by atoms with Crippen molar-refractivity contribution in [3.63, 3.8) is 0 Å². The Kier molecular flexibility index (Phi) is 13.0. The highest BCUT2D eigenvalue weighted by Gasteiger charge is 1.95. The molecule has 0 rings (SSSR count). The van der Waals surface area contributed by atoms with Gasteiger partial charge >= 0.3 is 0 Å². The fourth-order valence-corrected chi connectivity index (χ4v) is 2.08. The van der Waals surface area contributed by atoms with Gasteiger partial charge in [0.2, 0.25) is 0 Å². The Bertz CT molecular complexity index is 121. The Labute approximate surface area is 103 Å². The largest absolute Gasteiger partial charge is 0.396 e. The van der Waals surface area contributed by atoms with Gasteiger partial charge in [-0.2, -0.15) is 0 Å². The predicted molar refractivity (Wildman–Crippen MR) is 72.7 cm³/mol. The van der Waals surface area contributed by atoms with E-state index in [2.05, 4.69) is 13.8 Å². The van der Waals surface area contributed by atoms with Gasteiger partial charge in [0.05, 0.1) is 0 Å². The van der Waals surface area contributed by atoms with E-state index in [1.165, 1.54) is 64.2 Å². The van der Waals surface area contributed by atoms with Crippen LogP contribution in [-0.2, 0) is 0 Å². The van der Waals surface area contributed by atoms with Gasteiger partial charge in [-0.25, -0.2) is 0 Å². The van der Waals surface area contributed by atoms with Crippen LogP contribution in [0, 0.1) is 5.92 Å². The molecule has 0 atom stereocenters. The zero-order valence-electron chi connectivity index (χ0n) is 11.5. The van der Waals surface area contributed by atoms with Gasteiger partial charge in [0, 0.05) is 6.61 Å². The van der Waals surface area contributed by atoms with Crippen LogP contribution in [0.25, 0.3) is 0 Å². The fraction of sp³-hybridized carbons (Fsp3) is 1.00. The van der Waals surface area contributed by atoms with Gasteiger partial charge in [-0.1, -0.05) is 78.1 Å². The van der Waals surface area contributed by atoms with Crippen molar-refractivity contribution in [3.05, 3.63) is 0 Å². The van der Waals surface area contributed by atoms with Crippen LogP contribution in [0.3, 0.4) is 0 Å². The van der Waals surface area contributed by atoms with E-state index < -0.39 is 0 Å². The van der Waals surface area contributed by atoms with Crippen LogP contribution in [0.5, 0.6) is 0 Å². The first-order chi connectivity index (χ1) is 7.77. The van der Waals surface area contributed by atoms with Gasteiger partial charge in [0.25, 0.3) is 0 Å². The maximum Gasteiger partial charge on any atom is 0.0431 e. The quantitative estimate of drug-likeness (QED) is 0.470. The number of rotatable bonds is 12. The molecule has 0 unspecified atom stereocenters. The first-order valence-electron chi connectivity index (χ1n) is 7.38. The summed E-state index contributed by atoms with van der Waals surface area (Å²) in [5, 5.41) is 8.63. The third-order valence-corrected chi connectivity index (χ3v) is 3.19. The first kappa shape index (κ1) is 16.0. The van der Waals surface area contributed by atoms with Crippen LogP contribution in [0.4, 0.5) is 0 Å². The molecule has 0 aliphatic rings. The number of aliphatic hydroxyl groups is 1. The van der Waals surface area contributed by atoms with Crippen molar-refractivity contribution in [1.82, 2.24) is 0 Å². The standard InChI is InChI=1S/C15H32O/c1-15(2)13-11-9-7-5-3-4-6-8-10-12-14-16/h15-16H,3-14H2,1-2H3. The zero-order valence-corrected chi connectivity index (χ0v) is 11.5. The molecule has 1 heteroatoms. The first-order valence-corrected chi connectivity index (χ1v) is 7.38. The number of hydrogen-bond donors (Lipinski definition) is 1. The summed E-state index contributed by atoms with van der Waals surface area (Å²) in [7, 11) is 0. The van der Waals surface area contributed by atoms with Gasteiger partial charge < -0.3 is 5.11 Å². The molecular formula is C15H32O. The summed E-state index contributed by atoms with van der Waals surface area (Å²) in [5.41, 5.74) is 0. The van der Waals surface area contributed by atoms with Gasteiger partial charge in [-0.3, -0.25) is 0 Å². The van der Waals surface area contributed by atoms with Crippen LogP contribution in [-0.4, -0.2) is 11.7 Å². The van der Waals surface area contributed by atoms with Crippen LogP contribution in [0.15, 0.2) is 0 Å². The zero-order chi connectivity index (χ0) is 12.1. The van der Waals surface area contributed by atoms with E-state index >= 15 is 0 Å². The van der Waals surface area contributed by atoms with Crippen molar-refractivity contribution < 1.29 is 5.11 Å². The highest BCUT2D eigenvalue weighted by atomic mass is 16.2. The van der Waals surface area contributed by atoms with Crippen molar-refractivity contribution in [3.8, 4) is 0 Å². The lowest BCUT2D eigenvalue weighted by Crippen LogP contribution is -1.87. The molecule has 0 amide bonds. The molecule has 1 nitrogen and oxygen atoms in total. The maximum atomic E-state index is 8.63. The molecule has 0 aromatic rings. The number of aliphatic hydroxyl groups excluding tert-OH is 1. The Morgan fingerprint density at radius 2 is 1.00 bits per heavy atom. The smallest absolute Gasteiger partial charge is 0.0431 e. The van der Waals surface area contributed by atoms with Crippen LogP contribution < -0.4 is 0 Å². The fourth-order valence-electron chi connectivity index (χ4n) is 2.08. The minimum atomic E-state index is 0.371. The number of unbranched alkanes of at least 4 members (excludes halogenated alkanes) is 9. The lowest BCUT2D eigenvalue weighted by Gasteiger charge is -2.04. The summed E-state index contributed by atoms with van der Waals surface area (Å²) in [6.07, 6.45) is 14.8. The molecule has 16 heavy (non-hydrogen) atoms. The Morgan fingerprint density at radius 1 is 0.625 bits per heavy atom. The van der Waals surface area contributed by atoms with Gasteiger partial charge in [-0.15, -0.1) is 0 Å². The van der Waals surface area contributed by atoms with Crippen molar-refractivity contribution >= 4 is 0 Å². The summed E-state index contributed by atoms with van der Waals surface area (Å²) in [5.74, 6) is 0.881. The summed E-state index contributed by atoms with van der Waals surface area (Å²) in [6.45, 7) is 4.99. The van der Waals surface area contributed by atoms with Gasteiger partial charge in [-0.05, 0) is 12.3 Å². The van der Waals surface area contributed by atoms with E-state index in [4.69, 9.17) is 5.11 Å². The molecule has 0 aliphatic heterocycles. The molecule has 98 valence electrons. The lowest BCUT2D eigenvalue weighted by atomic mass is 10.0. The van der Waals surface area contributed by atoms with E-state index in [9.17, 15) is 0 Å². The molecule has 0 saturated carbocycles. The highest BCUT2D eigenvalue weighted by molar-refractivity contribution is 4.50. The summed E-state index contributed by atoms with van der Waals surface area (Å²) >= 11 is 0. The monoisotopic (exact) mass is 228 g/mol. The Hall–Kier alpha value is -0.0400. The molecule has 0 fully saturated rings. The lowest BCUT2D eigenvalue weighted by molar-refractivity contribution is 0.282. The normalized spacial score (nSPS) is 11.2. The molecular weight excluding hydrogens is 196 g/mol. The van der Waals surface area contributed by atoms with E-state index in [1.807, 2.05) is 0 Å². The molecule has 0 radical (unpaired) electrons. The summed E-state index contributed by atoms with van der Waals surface area (Å²) in [4.78, 5) is 0. The molecule has 0 bridgehead atoms. The third-order valence-electron chi connectivity index (χ3n) is 3.19. The van der Waals surface area contributed by atoms with Crippen LogP contribution in [0.2, 0.25) is 0 Å². The second kappa shape index (κ2) is 13.0. The van der Waals surface area contributed by atoms with E-state index in [-0.39, 0.29) is 0 Å². The van der Waals surface area contributed by atoms with Crippen LogP contribution in [0.1, 0.15) is 84.5 Å². The Balaban J connectivity index is 2.88. The second-order valence-electron chi connectivity index (χ2n) is 5.44. The third kappa shape index (κ3) is 14.0. The molecule has 0 aliphatic carbocycles. The average Bonchev–Trinajstić information content (AvgIpc) is 2.25. The second-order valence-corrected chi connectivity index (χ2v) is 5.44. The number of hydrogen-bond acceptors (Lipinski definition) is 1. The molecule has 1 N–H and O–H groups in total. The Morgan fingerprint density at radius 3 is 1.38 bits per heavy atom. The minimum Gasteiger partial charge on any atom is -0.396 e. The van der Waals surface area contributed by atoms with Crippen molar-refractivity contribution in [2.24, 2.45) is 5.92 Å². The van der Waals surface area contributed by atoms with Crippen molar-refractivity contribution in [2.75, 3.05) is 6.61 Å². The molecule has 0 spiro atoms. The molecule has 0 heterocycles. The van der Waals surface area contributed by atoms with Crippen LogP contribution >= 0.6 is 0 Å². The van der Waals surface area contributed by atoms with Gasteiger partial charge in [0.15, 0.2) is 0 Å². The molecule has 0 aromatic carbocycles. The summed E-state index contributed by atoms with van der Waals surface area (Å²) < 4.78 is 0. The predicted octanol–water partition coefficient (Wildman–Crippen LogP) is 4.93. The minimum absolute atomic E-state index is 0.371. The topological polar surface area (TPSA) is 20.2 Å². The summed E-state index contributed by atoms with van der Waals surface area (Å²) in [6, 6.07) is 0. The van der Waals surface area contributed by atoms with E-state index in [0.29, 0.717) is 6.61 Å². The molecule has 0 aromatic heterocycles. The van der Waals surface area contributed by atoms with E-state index in [1.54, 1.807) is 0 Å². The average molecular weight is 228 g/mol. The van der Waals surface area contributed by atoms with E-state index in [0.717, 1.165) is 12.3 Å². The van der Waals surface area contributed by atoms with Crippen molar-refractivity contribution in [2.45, 2.75) is 84.5 Å². The van der Waals surface area contributed by atoms with Crippen molar-refractivity contribution in [1.29, 1.82) is 0 Å². The SMILES string of the molecule is CC(C)CCCCCCCCCCCCO. The molecule has 0 saturated heterocycles. The maximum absolute atomic E-state index is 8.63. The highest BCUT2D eigenvalue weighted by Crippen LogP contribution is 2.13. The van der Waals surface area contributed by atoms with Gasteiger partial charge in [0.1, 0.15) is 0 Å².